The largest absolute Gasteiger partial charge is 0.379 e. The van der Waals surface area contributed by atoms with Crippen molar-refractivity contribution in [3.05, 3.63) is 147 Å². The van der Waals surface area contributed by atoms with Crippen LogP contribution in [-0.4, -0.2) is 62.1 Å². The number of carbonyl (C=O) groups is 1. The zero-order valence-corrected chi connectivity index (χ0v) is 31.2. The summed E-state index contributed by atoms with van der Waals surface area (Å²) in [4.78, 5) is 30.1. The SMILES string of the molecule is O=C(NS(=O)(=O)c1ccc(NCCSc2ccccc2)c([N+](=O)[O-])c1)c1ccc2c(c1)CC[C@H]1CN(Cc3ccc(-c4ccc(Cl)cc4)cc3)CCN21. The first-order chi connectivity index (χ1) is 25.6. The summed E-state index contributed by atoms with van der Waals surface area (Å²) in [5.74, 6) is -0.138. The Bertz CT molecular complexity index is 2220. The van der Waals surface area contributed by atoms with Gasteiger partial charge in [-0.25, -0.2) is 13.1 Å². The number of anilines is 2. The summed E-state index contributed by atoms with van der Waals surface area (Å²) < 4.78 is 28.6. The molecule has 5 aromatic carbocycles. The minimum absolute atomic E-state index is 0.201. The van der Waals surface area contributed by atoms with Crippen molar-refractivity contribution < 1.29 is 18.1 Å². The molecule has 10 nitrogen and oxygen atoms in total. The molecule has 1 amide bonds. The van der Waals surface area contributed by atoms with Crippen molar-refractivity contribution in [2.45, 2.75) is 35.2 Å². The van der Waals surface area contributed by atoms with E-state index in [1.165, 1.54) is 17.7 Å². The summed E-state index contributed by atoms with van der Waals surface area (Å²) >= 11 is 7.64. The van der Waals surface area contributed by atoms with E-state index in [0.29, 0.717) is 18.3 Å². The maximum absolute atomic E-state index is 13.3. The minimum Gasteiger partial charge on any atom is -0.379 e. The molecule has 1 fully saturated rings. The van der Waals surface area contributed by atoms with E-state index in [1.807, 2.05) is 60.7 Å². The van der Waals surface area contributed by atoms with Gasteiger partial charge in [0.15, 0.2) is 0 Å². The maximum atomic E-state index is 13.3. The first-order valence-corrected chi connectivity index (χ1v) is 20.2. The molecule has 7 rings (SSSR count). The second kappa shape index (κ2) is 16.0. The predicted octanol–water partition coefficient (Wildman–Crippen LogP) is 7.88. The molecule has 5 aromatic rings. The molecule has 0 aromatic heterocycles. The molecule has 13 heteroatoms. The van der Waals surface area contributed by atoms with Crippen molar-refractivity contribution in [1.82, 2.24) is 9.62 Å². The number of hydrogen-bond donors (Lipinski definition) is 2. The second-order valence-electron chi connectivity index (χ2n) is 13.1. The van der Waals surface area contributed by atoms with E-state index in [9.17, 15) is 23.3 Å². The minimum atomic E-state index is -4.39. The lowest BCUT2D eigenvalue weighted by Crippen LogP contribution is -2.54. The van der Waals surface area contributed by atoms with Crippen LogP contribution in [0, 0.1) is 10.1 Å². The maximum Gasteiger partial charge on any atom is 0.293 e. The van der Waals surface area contributed by atoms with E-state index in [2.05, 4.69) is 44.1 Å². The fourth-order valence-electron chi connectivity index (χ4n) is 6.95. The third-order valence-corrected chi connectivity index (χ3v) is 12.2. The van der Waals surface area contributed by atoms with Crippen LogP contribution in [0.5, 0.6) is 0 Å². The Kier molecular flexibility index (Phi) is 11.0. The zero-order chi connectivity index (χ0) is 37.0. The number of nitro benzene ring substituents is 1. The molecule has 1 saturated heterocycles. The number of sulfonamides is 1. The number of rotatable bonds is 12. The number of halogens is 1. The lowest BCUT2D eigenvalue weighted by atomic mass is 9.92. The summed E-state index contributed by atoms with van der Waals surface area (Å²) in [5.41, 5.74) is 5.63. The molecular weight excluding hydrogens is 730 g/mol. The molecule has 0 radical (unpaired) electrons. The monoisotopic (exact) mass is 767 g/mol. The van der Waals surface area contributed by atoms with Crippen LogP contribution in [-0.2, 0) is 23.0 Å². The molecule has 0 unspecified atom stereocenters. The molecule has 1 atom stereocenters. The van der Waals surface area contributed by atoms with Crippen molar-refractivity contribution in [3.63, 3.8) is 0 Å². The summed E-state index contributed by atoms with van der Waals surface area (Å²) in [7, 11) is -4.39. The number of aryl methyl sites for hydroxylation is 1. The van der Waals surface area contributed by atoms with Crippen molar-refractivity contribution in [1.29, 1.82) is 0 Å². The topological polar surface area (TPSA) is 125 Å². The number of amides is 1. The van der Waals surface area contributed by atoms with Gasteiger partial charge in [0, 0.05) is 71.8 Å². The molecular formula is C40H38ClN5O5S2. The predicted molar refractivity (Wildman–Crippen MR) is 211 cm³/mol. The van der Waals surface area contributed by atoms with Gasteiger partial charge in [0.1, 0.15) is 5.69 Å². The third-order valence-electron chi connectivity index (χ3n) is 9.64. The van der Waals surface area contributed by atoms with E-state index < -0.39 is 20.9 Å². The second-order valence-corrected chi connectivity index (χ2v) is 16.4. The van der Waals surface area contributed by atoms with Crippen molar-refractivity contribution in [3.8, 4) is 11.1 Å². The zero-order valence-electron chi connectivity index (χ0n) is 28.8. The number of benzene rings is 5. The van der Waals surface area contributed by atoms with Crippen LogP contribution in [0.4, 0.5) is 17.1 Å². The third kappa shape index (κ3) is 8.68. The van der Waals surface area contributed by atoms with Gasteiger partial charge in [-0.1, -0.05) is 66.2 Å². The number of fused-ring (bicyclic) bond motifs is 3. The smallest absolute Gasteiger partial charge is 0.293 e. The van der Waals surface area contributed by atoms with E-state index >= 15 is 0 Å². The average molecular weight is 768 g/mol. The quantitative estimate of drug-likeness (QED) is 0.0565. The molecule has 0 spiro atoms. The first-order valence-electron chi connectivity index (χ1n) is 17.4. The van der Waals surface area contributed by atoms with Crippen LogP contribution in [0.15, 0.2) is 125 Å². The Morgan fingerprint density at radius 3 is 2.38 bits per heavy atom. The van der Waals surface area contributed by atoms with E-state index in [4.69, 9.17) is 11.6 Å². The Hall–Kier alpha value is -4.88. The van der Waals surface area contributed by atoms with Crippen molar-refractivity contribution in [2.75, 3.05) is 42.1 Å². The van der Waals surface area contributed by atoms with Crippen molar-refractivity contribution >= 4 is 56.4 Å². The molecule has 2 aliphatic heterocycles. The van der Waals surface area contributed by atoms with Crippen molar-refractivity contribution in [2.24, 2.45) is 0 Å². The van der Waals surface area contributed by atoms with E-state index in [0.717, 1.165) is 77.4 Å². The fourth-order valence-corrected chi connectivity index (χ4v) is 8.86. The molecule has 0 saturated carbocycles. The summed E-state index contributed by atoms with van der Waals surface area (Å²) in [6, 6.07) is 35.5. The normalized spacial score (nSPS) is 15.6. The number of carbonyl (C=O) groups excluding carboxylic acids is 1. The standard InChI is InChI=1S/C40H38ClN5O5S2/c41-33-14-10-30(11-15-33)29-8-6-28(7-9-29)26-44-21-22-45-34(27-44)16-12-31-24-32(13-19-38(31)45)40(47)43-53(50,51)36-17-18-37(39(25-36)46(48)49)42-20-23-52-35-4-2-1-3-5-35/h1-11,13-15,17-19,24-25,34,42H,12,16,20-23,26-27H2,(H,43,47)/t34-/m0/s1. The van der Waals surface area contributed by atoms with Crippen LogP contribution in [0.3, 0.4) is 0 Å². The van der Waals surface area contributed by atoms with Gasteiger partial charge in [0.25, 0.3) is 21.6 Å². The molecule has 53 heavy (non-hydrogen) atoms. The van der Waals surface area contributed by atoms with Gasteiger partial charge in [-0.3, -0.25) is 19.8 Å². The Balaban J connectivity index is 0.952. The van der Waals surface area contributed by atoms with Crippen LogP contribution in [0.1, 0.15) is 27.9 Å². The molecule has 0 bridgehead atoms. The highest BCUT2D eigenvalue weighted by atomic mass is 35.5. The average Bonchev–Trinajstić information content (AvgIpc) is 3.17. The molecule has 2 heterocycles. The van der Waals surface area contributed by atoms with E-state index in [1.54, 1.807) is 23.9 Å². The Morgan fingerprint density at radius 2 is 1.64 bits per heavy atom. The highest BCUT2D eigenvalue weighted by Gasteiger charge is 2.32. The number of nitrogens with zero attached hydrogens (tertiary/aromatic N) is 3. The van der Waals surface area contributed by atoms with Gasteiger partial charge in [0.05, 0.1) is 9.82 Å². The summed E-state index contributed by atoms with van der Waals surface area (Å²) in [6.45, 7) is 3.95. The molecule has 2 aliphatic rings. The van der Waals surface area contributed by atoms with Crippen LogP contribution < -0.4 is 14.9 Å². The molecule has 272 valence electrons. The van der Waals surface area contributed by atoms with Gasteiger partial charge in [-0.2, -0.15) is 0 Å². The molecule has 0 aliphatic carbocycles. The Morgan fingerprint density at radius 1 is 0.906 bits per heavy atom. The number of thioether (sulfide) groups is 1. The van der Waals surface area contributed by atoms with Gasteiger partial charge < -0.3 is 10.2 Å². The van der Waals surface area contributed by atoms with Gasteiger partial charge in [-0.05, 0) is 89.7 Å². The first kappa shape index (κ1) is 36.5. The highest BCUT2D eigenvalue weighted by Crippen LogP contribution is 2.34. The van der Waals surface area contributed by atoms with E-state index in [-0.39, 0.29) is 21.8 Å². The Labute approximate surface area is 318 Å². The summed E-state index contributed by atoms with van der Waals surface area (Å²) in [5, 5.41) is 15.6. The fraction of sp³-hybridized carbons (Fsp3) is 0.225. The van der Waals surface area contributed by atoms with Gasteiger partial charge in [-0.15, -0.1) is 11.8 Å². The van der Waals surface area contributed by atoms with Gasteiger partial charge >= 0.3 is 0 Å². The number of nitro groups is 1. The summed E-state index contributed by atoms with van der Waals surface area (Å²) in [6.07, 6.45) is 1.68. The van der Waals surface area contributed by atoms with Crippen LogP contribution in [0.2, 0.25) is 5.02 Å². The lowest BCUT2D eigenvalue weighted by molar-refractivity contribution is -0.384. The van der Waals surface area contributed by atoms with Crippen LogP contribution >= 0.6 is 23.4 Å². The number of hydrogen-bond acceptors (Lipinski definition) is 9. The molecule has 2 N–H and O–H groups in total. The van der Waals surface area contributed by atoms with Gasteiger partial charge in [0.2, 0.25) is 0 Å². The highest BCUT2D eigenvalue weighted by molar-refractivity contribution is 7.99. The van der Waals surface area contributed by atoms with Crippen LogP contribution in [0.25, 0.3) is 11.1 Å². The number of nitrogens with one attached hydrogen (secondary N) is 2. The lowest BCUT2D eigenvalue weighted by Gasteiger charge is -2.46. The number of piperazine rings is 1.